The SMILES string of the molecule is CC1(C)CC(OC(=O)c2cccc3c(C4CCC5CC(C(=O)OC6CC(C)(C)NC(C)(C)C6)CCC5C4)cccc23)CC(C)(C)N1. The van der Waals surface area contributed by atoms with Gasteiger partial charge < -0.3 is 20.1 Å². The molecular formula is C40H58N2O4. The number of rotatable bonds is 5. The van der Waals surface area contributed by atoms with Gasteiger partial charge in [-0.2, -0.15) is 0 Å². The molecular weight excluding hydrogens is 572 g/mol. The van der Waals surface area contributed by atoms with E-state index in [-0.39, 0.29) is 52.2 Å². The highest BCUT2D eigenvalue weighted by molar-refractivity contribution is 6.05. The van der Waals surface area contributed by atoms with E-state index < -0.39 is 0 Å². The molecule has 2 aromatic rings. The van der Waals surface area contributed by atoms with E-state index in [9.17, 15) is 9.59 Å². The molecule has 0 bridgehead atoms. The predicted octanol–water partition coefficient (Wildman–Crippen LogP) is 8.46. The van der Waals surface area contributed by atoms with Crippen LogP contribution < -0.4 is 10.6 Å². The summed E-state index contributed by atoms with van der Waals surface area (Å²) in [6.45, 7) is 17.6. The molecule has 2 saturated heterocycles. The summed E-state index contributed by atoms with van der Waals surface area (Å²) in [6, 6.07) is 12.6. The van der Waals surface area contributed by atoms with Crippen LogP contribution in [0.1, 0.15) is 141 Å². The van der Waals surface area contributed by atoms with Gasteiger partial charge in [-0.3, -0.25) is 4.79 Å². The second-order valence-electron chi connectivity index (χ2n) is 18.0. The molecule has 2 aliphatic heterocycles. The van der Waals surface area contributed by atoms with E-state index in [1.165, 1.54) is 10.9 Å². The third kappa shape index (κ3) is 7.49. The van der Waals surface area contributed by atoms with Gasteiger partial charge in [-0.05, 0) is 134 Å². The Bertz CT molecular complexity index is 1430. The lowest BCUT2D eigenvalue weighted by Crippen LogP contribution is -2.59. The zero-order chi connectivity index (χ0) is 33.1. The van der Waals surface area contributed by atoms with Crippen molar-refractivity contribution < 1.29 is 19.1 Å². The maximum Gasteiger partial charge on any atom is 0.339 e. The lowest BCUT2D eigenvalue weighted by molar-refractivity contribution is -0.160. The van der Waals surface area contributed by atoms with Crippen LogP contribution in [0, 0.1) is 17.8 Å². The number of ether oxygens (including phenoxy) is 2. The number of esters is 2. The number of hydrogen-bond acceptors (Lipinski definition) is 6. The van der Waals surface area contributed by atoms with Gasteiger partial charge in [0.25, 0.3) is 0 Å². The maximum absolute atomic E-state index is 13.6. The standard InChI is InChI=1S/C40H58N2O4/c1-37(2)21-29(22-38(3,4)41-37)45-35(43)28-18-16-25-19-27(17-15-26(25)20-28)31-11-9-13-33-32(31)12-10-14-34(33)36(44)46-30-23-39(5,6)42-40(7,8)24-30/h9-14,25-30,41-42H,15-24H2,1-8H3. The first-order chi connectivity index (χ1) is 21.5. The lowest BCUT2D eigenvalue weighted by Gasteiger charge is -2.46. The fourth-order valence-corrected chi connectivity index (χ4v) is 10.4. The van der Waals surface area contributed by atoms with E-state index >= 15 is 0 Å². The van der Waals surface area contributed by atoms with Gasteiger partial charge >= 0.3 is 11.9 Å². The van der Waals surface area contributed by atoms with E-state index in [2.05, 4.69) is 90.3 Å². The molecule has 0 spiro atoms. The van der Waals surface area contributed by atoms with Gasteiger partial charge in [-0.15, -0.1) is 0 Å². The molecule has 6 heteroatoms. The van der Waals surface area contributed by atoms with Crippen LogP contribution in [0.2, 0.25) is 0 Å². The lowest BCUT2D eigenvalue weighted by atomic mass is 9.63. The third-order valence-corrected chi connectivity index (χ3v) is 11.4. The van der Waals surface area contributed by atoms with Crippen molar-refractivity contribution in [3.63, 3.8) is 0 Å². The van der Waals surface area contributed by atoms with Crippen LogP contribution in [-0.2, 0) is 14.3 Å². The number of benzene rings is 2. The number of fused-ring (bicyclic) bond motifs is 2. The average molecular weight is 631 g/mol. The topological polar surface area (TPSA) is 76.7 Å². The Labute approximate surface area is 277 Å². The summed E-state index contributed by atoms with van der Waals surface area (Å²) in [5, 5.41) is 9.55. The van der Waals surface area contributed by atoms with E-state index in [1.54, 1.807) is 0 Å². The van der Waals surface area contributed by atoms with Crippen LogP contribution in [-0.4, -0.2) is 46.3 Å². The summed E-state index contributed by atoms with van der Waals surface area (Å²) in [5.41, 5.74) is 1.78. The smallest absolute Gasteiger partial charge is 0.339 e. The zero-order valence-electron chi connectivity index (χ0n) is 29.6. The van der Waals surface area contributed by atoms with Gasteiger partial charge in [0, 0.05) is 47.8 Å². The fourth-order valence-electron chi connectivity index (χ4n) is 10.4. The van der Waals surface area contributed by atoms with E-state index in [4.69, 9.17) is 9.47 Å². The van der Waals surface area contributed by atoms with Crippen LogP contribution in [0.15, 0.2) is 36.4 Å². The van der Waals surface area contributed by atoms with Crippen molar-refractivity contribution in [2.24, 2.45) is 17.8 Å². The Morgan fingerprint density at radius 1 is 0.630 bits per heavy atom. The summed E-state index contributed by atoms with van der Waals surface area (Å²) in [6.07, 6.45) is 9.60. The van der Waals surface area contributed by atoms with Crippen molar-refractivity contribution in [1.82, 2.24) is 10.6 Å². The molecule has 6 nitrogen and oxygen atoms in total. The van der Waals surface area contributed by atoms with Gasteiger partial charge in [0.05, 0.1) is 11.5 Å². The van der Waals surface area contributed by atoms with Crippen molar-refractivity contribution in [3.05, 3.63) is 47.5 Å². The highest BCUT2D eigenvalue weighted by Crippen LogP contribution is 2.49. The molecule has 6 rings (SSSR count). The molecule has 0 amide bonds. The Balaban J connectivity index is 1.10. The van der Waals surface area contributed by atoms with E-state index in [0.717, 1.165) is 69.6 Å². The molecule has 252 valence electrons. The second kappa shape index (κ2) is 12.2. The Morgan fingerprint density at radius 2 is 1.15 bits per heavy atom. The largest absolute Gasteiger partial charge is 0.462 e. The van der Waals surface area contributed by atoms with Gasteiger partial charge in [-0.25, -0.2) is 4.79 Å². The van der Waals surface area contributed by atoms with Gasteiger partial charge in [0.2, 0.25) is 0 Å². The van der Waals surface area contributed by atoms with Crippen molar-refractivity contribution in [2.45, 2.75) is 160 Å². The van der Waals surface area contributed by atoms with Crippen molar-refractivity contribution in [3.8, 4) is 0 Å². The average Bonchev–Trinajstić information content (AvgIpc) is 2.92. The molecule has 2 N–H and O–H groups in total. The number of nitrogens with one attached hydrogen (secondary N) is 2. The molecule has 2 saturated carbocycles. The van der Waals surface area contributed by atoms with Crippen LogP contribution >= 0.6 is 0 Å². The molecule has 2 aromatic carbocycles. The molecule has 2 heterocycles. The quantitative estimate of drug-likeness (QED) is 0.323. The van der Waals surface area contributed by atoms with Crippen molar-refractivity contribution in [2.75, 3.05) is 0 Å². The number of piperidine rings is 2. The minimum atomic E-state index is -0.216. The highest BCUT2D eigenvalue weighted by atomic mass is 16.5. The summed E-state index contributed by atoms with van der Waals surface area (Å²) < 4.78 is 12.4. The number of carbonyl (C=O) groups is 2. The molecule has 2 aliphatic carbocycles. The predicted molar refractivity (Wildman–Crippen MR) is 185 cm³/mol. The summed E-state index contributed by atoms with van der Waals surface area (Å²) in [4.78, 5) is 27.0. The molecule has 4 aliphatic rings. The molecule has 0 aromatic heterocycles. The van der Waals surface area contributed by atoms with Gasteiger partial charge in [-0.1, -0.05) is 30.3 Å². The summed E-state index contributed by atoms with van der Waals surface area (Å²) in [5.74, 6) is 1.53. The highest BCUT2D eigenvalue weighted by Gasteiger charge is 2.43. The third-order valence-electron chi connectivity index (χ3n) is 11.4. The monoisotopic (exact) mass is 630 g/mol. The second-order valence-corrected chi connectivity index (χ2v) is 18.0. The Hall–Kier alpha value is -2.44. The van der Waals surface area contributed by atoms with Crippen LogP contribution in [0.4, 0.5) is 0 Å². The van der Waals surface area contributed by atoms with Crippen LogP contribution in [0.25, 0.3) is 10.8 Å². The summed E-state index contributed by atoms with van der Waals surface area (Å²) in [7, 11) is 0. The molecule has 0 radical (unpaired) electrons. The first kappa shape index (κ1) is 33.5. The fraction of sp³-hybridized carbons (Fsp3) is 0.700. The van der Waals surface area contributed by atoms with Crippen LogP contribution in [0.5, 0.6) is 0 Å². The molecule has 4 fully saturated rings. The minimum Gasteiger partial charge on any atom is -0.462 e. The molecule has 4 atom stereocenters. The van der Waals surface area contributed by atoms with Crippen LogP contribution in [0.3, 0.4) is 0 Å². The van der Waals surface area contributed by atoms with Crippen molar-refractivity contribution in [1.29, 1.82) is 0 Å². The normalized spacial score (nSPS) is 30.7. The zero-order valence-corrected chi connectivity index (χ0v) is 29.6. The number of carbonyl (C=O) groups excluding carboxylic acids is 2. The minimum absolute atomic E-state index is 0.0147. The maximum atomic E-state index is 13.6. The van der Waals surface area contributed by atoms with Crippen molar-refractivity contribution >= 4 is 22.7 Å². The Morgan fingerprint density at radius 3 is 1.78 bits per heavy atom. The van der Waals surface area contributed by atoms with E-state index in [0.29, 0.717) is 23.3 Å². The molecule has 4 unspecified atom stereocenters. The van der Waals surface area contributed by atoms with Gasteiger partial charge in [0.15, 0.2) is 0 Å². The first-order valence-corrected chi connectivity index (χ1v) is 18.0. The summed E-state index contributed by atoms with van der Waals surface area (Å²) >= 11 is 0. The number of hydrogen-bond donors (Lipinski definition) is 2. The first-order valence-electron chi connectivity index (χ1n) is 18.0. The van der Waals surface area contributed by atoms with E-state index in [1.807, 2.05) is 12.1 Å². The van der Waals surface area contributed by atoms with Gasteiger partial charge in [0.1, 0.15) is 12.2 Å². The molecule has 46 heavy (non-hydrogen) atoms. The Kier molecular flexibility index (Phi) is 8.89.